The van der Waals surface area contributed by atoms with Crippen LogP contribution in [0.2, 0.25) is 10.0 Å². The second kappa shape index (κ2) is 6.45. The molecule has 0 N–H and O–H groups in total. The van der Waals surface area contributed by atoms with Crippen LogP contribution in [-0.2, 0) is 4.79 Å². The van der Waals surface area contributed by atoms with Gasteiger partial charge in [-0.25, -0.2) is 0 Å². The molecule has 1 saturated carbocycles. The zero-order chi connectivity index (χ0) is 14.8. The van der Waals surface area contributed by atoms with E-state index in [9.17, 15) is 4.79 Å². The van der Waals surface area contributed by atoms with Crippen molar-refractivity contribution in [3.8, 4) is 5.75 Å². The molecule has 2 fully saturated rings. The number of halogens is 2. The lowest BCUT2D eigenvalue weighted by molar-refractivity contribution is -0.134. The molecule has 114 valence electrons. The molecule has 0 atom stereocenters. The minimum Gasteiger partial charge on any atom is -0.493 e. The fraction of sp³-hybridized carbons (Fsp3) is 0.562. The average molecular weight is 328 g/mol. The summed E-state index contributed by atoms with van der Waals surface area (Å²) < 4.78 is 5.79. The quantitative estimate of drug-likeness (QED) is 0.835. The zero-order valence-corrected chi connectivity index (χ0v) is 13.4. The smallest absolute Gasteiger partial charge is 0.225 e. The van der Waals surface area contributed by atoms with Crippen LogP contribution in [0.1, 0.15) is 25.7 Å². The molecule has 1 amide bonds. The molecule has 1 aromatic carbocycles. The van der Waals surface area contributed by atoms with E-state index in [0.717, 1.165) is 44.5 Å². The van der Waals surface area contributed by atoms with Crippen molar-refractivity contribution in [2.24, 2.45) is 11.8 Å². The summed E-state index contributed by atoms with van der Waals surface area (Å²) in [5, 5.41) is 1.05. The van der Waals surface area contributed by atoms with E-state index in [4.69, 9.17) is 27.9 Å². The molecule has 1 aromatic rings. The number of amides is 1. The molecule has 0 aromatic heterocycles. The Morgan fingerprint density at radius 2 is 1.86 bits per heavy atom. The molecular formula is C16H19Cl2NO2. The highest BCUT2D eigenvalue weighted by Crippen LogP contribution is 2.32. The largest absolute Gasteiger partial charge is 0.493 e. The molecule has 1 aliphatic carbocycles. The van der Waals surface area contributed by atoms with E-state index in [1.54, 1.807) is 12.1 Å². The van der Waals surface area contributed by atoms with Crippen molar-refractivity contribution in [1.82, 2.24) is 4.90 Å². The van der Waals surface area contributed by atoms with E-state index >= 15 is 0 Å². The van der Waals surface area contributed by atoms with Crippen LogP contribution in [0, 0.1) is 11.8 Å². The van der Waals surface area contributed by atoms with Gasteiger partial charge in [-0.15, -0.1) is 0 Å². The number of piperidine rings is 1. The molecule has 1 aliphatic heterocycles. The highest BCUT2D eigenvalue weighted by Gasteiger charge is 2.34. The average Bonchev–Trinajstić information content (AvgIpc) is 3.33. The molecule has 0 unspecified atom stereocenters. The second-order valence-corrected chi connectivity index (χ2v) is 6.74. The van der Waals surface area contributed by atoms with Crippen molar-refractivity contribution >= 4 is 29.1 Å². The molecule has 1 heterocycles. The Balaban J connectivity index is 1.44. The van der Waals surface area contributed by atoms with Crippen LogP contribution in [0.15, 0.2) is 18.2 Å². The van der Waals surface area contributed by atoms with E-state index in [0.29, 0.717) is 34.4 Å². The van der Waals surface area contributed by atoms with Crippen molar-refractivity contribution in [2.75, 3.05) is 19.7 Å². The van der Waals surface area contributed by atoms with Gasteiger partial charge in [-0.3, -0.25) is 4.79 Å². The topological polar surface area (TPSA) is 29.5 Å². The van der Waals surface area contributed by atoms with Crippen LogP contribution in [0.5, 0.6) is 5.75 Å². The fourth-order valence-corrected chi connectivity index (χ4v) is 2.98. The van der Waals surface area contributed by atoms with Gasteiger partial charge in [0, 0.05) is 25.1 Å². The van der Waals surface area contributed by atoms with Crippen molar-refractivity contribution in [3.63, 3.8) is 0 Å². The summed E-state index contributed by atoms with van der Waals surface area (Å²) in [7, 11) is 0. The van der Waals surface area contributed by atoms with Gasteiger partial charge in [0.1, 0.15) is 5.75 Å². The Kier molecular flexibility index (Phi) is 4.60. The normalized spacial score (nSPS) is 19.6. The van der Waals surface area contributed by atoms with E-state index in [1.165, 1.54) is 0 Å². The van der Waals surface area contributed by atoms with Gasteiger partial charge in [-0.1, -0.05) is 23.2 Å². The molecule has 3 nitrogen and oxygen atoms in total. The lowest BCUT2D eigenvalue weighted by atomic mass is 9.97. The summed E-state index contributed by atoms with van der Waals surface area (Å²) in [6.07, 6.45) is 4.19. The molecule has 0 radical (unpaired) electrons. The maximum Gasteiger partial charge on any atom is 0.225 e. The monoisotopic (exact) mass is 327 g/mol. The number of hydrogen-bond acceptors (Lipinski definition) is 2. The molecule has 1 saturated heterocycles. The van der Waals surface area contributed by atoms with Crippen molar-refractivity contribution in [1.29, 1.82) is 0 Å². The van der Waals surface area contributed by atoms with Gasteiger partial charge >= 0.3 is 0 Å². The maximum absolute atomic E-state index is 12.0. The maximum atomic E-state index is 12.0. The highest BCUT2D eigenvalue weighted by molar-refractivity contribution is 6.42. The van der Waals surface area contributed by atoms with Crippen molar-refractivity contribution < 1.29 is 9.53 Å². The first-order chi connectivity index (χ1) is 10.1. The summed E-state index contributed by atoms with van der Waals surface area (Å²) in [4.78, 5) is 14.0. The number of hydrogen-bond donors (Lipinski definition) is 0. The van der Waals surface area contributed by atoms with Crippen LogP contribution in [-0.4, -0.2) is 30.5 Å². The SMILES string of the molecule is O=C(C1CC1)N1CCC(COc2ccc(Cl)c(Cl)c2)CC1. The van der Waals surface area contributed by atoms with E-state index in [2.05, 4.69) is 0 Å². The third-order valence-corrected chi connectivity index (χ3v) is 4.97. The minimum absolute atomic E-state index is 0.328. The number of nitrogens with zero attached hydrogens (tertiary/aromatic N) is 1. The summed E-state index contributed by atoms with van der Waals surface area (Å²) >= 11 is 11.8. The lowest BCUT2D eigenvalue weighted by Gasteiger charge is -2.32. The van der Waals surface area contributed by atoms with Gasteiger partial charge in [-0.05, 0) is 43.7 Å². The molecular weight excluding hydrogens is 309 g/mol. The number of rotatable bonds is 4. The van der Waals surface area contributed by atoms with E-state index in [-0.39, 0.29) is 0 Å². The first-order valence-electron chi connectivity index (χ1n) is 7.50. The van der Waals surface area contributed by atoms with Gasteiger partial charge in [0.15, 0.2) is 0 Å². The summed E-state index contributed by atoms with van der Waals surface area (Å²) in [6, 6.07) is 5.33. The Morgan fingerprint density at radius 3 is 2.48 bits per heavy atom. The fourth-order valence-electron chi connectivity index (χ4n) is 2.69. The Morgan fingerprint density at radius 1 is 1.14 bits per heavy atom. The van der Waals surface area contributed by atoms with Crippen LogP contribution in [0.3, 0.4) is 0 Å². The van der Waals surface area contributed by atoms with Crippen molar-refractivity contribution in [3.05, 3.63) is 28.2 Å². The van der Waals surface area contributed by atoms with E-state index in [1.807, 2.05) is 11.0 Å². The summed E-state index contributed by atoms with van der Waals surface area (Å²) in [5.74, 6) is 1.94. The number of carbonyl (C=O) groups excluding carboxylic acids is 1. The lowest BCUT2D eigenvalue weighted by Crippen LogP contribution is -2.40. The van der Waals surface area contributed by atoms with Crippen LogP contribution in [0.25, 0.3) is 0 Å². The summed E-state index contributed by atoms with van der Waals surface area (Å²) in [5.41, 5.74) is 0. The van der Waals surface area contributed by atoms with Gasteiger partial charge in [-0.2, -0.15) is 0 Å². The van der Waals surface area contributed by atoms with E-state index < -0.39 is 0 Å². The molecule has 3 rings (SSSR count). The first kappa shape index (κ1) is 15.0. The highest BCUT2D eigenvalue weighted by atomic mass is 35.5. The predicted octanol–water partition coefficient (Wildman–Crippen LogP) is 4.02. The molecule has 0 bridgehead atoms. The van der Waals surface area contributed by atoms with Gasteiger partial charge in [0.05, 0.1) is 16.7 Å². The third kappa shape index (κ3) is 3.83. The molecule has 0 spiro atoms. The predicted molar refractivity (Wildman–Crippen MR) is 84.0 cm³/mol. The van der Waals surface area contributed by atoms with Crippen LogP contribution >= 0.6 is 23.2 Å². The van der Waals surface area contributed by atoms with Crippen molar-refractivity contribution in [2.45, 2.75) is 25.7 Å². The van der Waals surface area contributed by atoms with Gasteiger partial charge in [0.25, 0.3) is 0 Å². The number of carbonyl (C=O) groups is 1. The third-order valence-electron chi connectivity index (χ3n) is 4.23. The Bertz CT molecular complexity index is 523. The summed E-state index contributed by atoms with van der Waals surface area (Å²) in [6.45, 7) is 2.40. The molecule has 2 aliphatic rings. The number of likely N-dealkylation sites (tertiary alicyclic amines) is 1. The van der Waals surface area contributed by atoms with Gasteiger partial charge in [0.2, 0.25) is 5.91 Å². The minimum atomic E-state index is 0.328. The van der Waals surface area contributed by atoms with Crippen LogP contribution < -0.4 is 4.74 Å². The zero-order valence-electron chi connectivity index (χ0n) is 11.9. The number of ether oxygens (including phenoxy) is 1. The molecule has 5 heteroatoms. The van der Waals surface area contributed by atoms with Gasteiger partial charge < -0.3 is 9.64 Å². The van der Waals surface area contributed by atoms with Crippen LogP contribution in [0.4, 0.5) is 0 Å². The Labute approximate surface area is 135 Å². The standard InChI is InChI=1S/C16H19Cl2NO2/c17-14-4-3-13(9-15(14)18)21-10-11-5-7-19(8-6-11)16(20)12-1-2-12/h3-4,9,11-12H,1-2,5-8,10H2. The number of benzene rings is 1. The first-order valence-corrected chi connectivity index (χ1v) is 8.25. The Hall–Kier alpha value is -0.930. The second-order valence-electron chi connectivity index (χ2n) is 5.93. The molecule has 21 heavy (non-hydrogen) atoms.